The Morgan fingerprint density at radius 1 is 1.16 bits per heavy atom. The van der Waals surface area contributed by atoms with E-state index in [2.05, 4.69) is 5.32 Å². The first-order valence-corrected chi connectivity index (χ1v) is 8.63. The van der Waals surface area contributed by atoms with E-state index in [1.54, 1.807) is 12.1 Å². The van der Waals surface area contributed by atoms with E-state index in [9.17, 15) is 14.4 Å². The van der Waals surface area contributed by atoms with Gasteiger partial charge in [0.25, 0.3) is 0 Å². The summed E-state index contributed by atoms with van der Waals surface area (Å²) in [5.41, 5.74) is 0.589. The second-order valence-electron chi connectivity index (χ2n) is 6.21. The monoisotopic (exact) mass is 342 g/mol. The Balaban J connectivity index is 1.58. The van der Waals surface area contributed by atoms with Crippen molar-refractivity contribution in [1.82, 2.24) is 4.90 Å². The van der Waals surface area contributed by atoms with E-state index in [0.717, 1.165) is 0 Å². The van der Waals surface area contributed by atoms with Gasteiger partial charge in [0.2, 0.25) is 17.7 Å². The number of nitrogens with zero attached hydrogens (tertiary/aromatic N) is 1. The first-order valence-electron chi connectivity index (χ1n) is 8.63. The van der Waals surface area contributed by atoms with Crippen LogP contribution in [0.1, 0.15) is 26.2 Å². The molecule has 3 rings (SSSR count). The van der Waals surface area contributed by atoms with Gasteiger partial charge in [-0.25, -0.2) is 0 Å². The molecule has 0 aromatic heterocycles. The largest absolute Gasteiger partial charge is 0.492 e. The molecule has 1 saturated heterocycles. The number of amides is 3. The van der Waals surface area contributed by atoms with E-state index in [1.807, 2.05) is 31.2 Å². The third kappa shape index (κ3) is 3.57. The third-order valence-corrected chi connectivity index (χ3v) is 4.62. The van der Waals surface area contributed by atoms with Crippen molar-refractivity contribution in [1.29, 1.82) is 0 Å². The van der Waals surface area contributed by atoms with E-state index in [0.29, 0.717) is 30.9 Å². The summed E-state index contributed by atoms with van der Waals surface area (Å²) in [6.07, 6.45) is 5.20. The number of anilines is 1. The van der Waals surface area contributed by atoms with Crippen LogP contribution in [0.4, 0.5) is 5.69 Å². The quantitative estimate of drug-likeness (QED) is 0.636. The second kappa shape index (κ2) is 7.51. The lowest BCUT2D eigenvalue weighted by Crippen LogP contribution is -2.34. The molecule has 1 aromatic carbocycles. The van der Waals surface area contributed by atoms with Crippen LogP contribution in [0.5, 0.6) is 5.75 Å². The number of para-hydroxylation sites is 2. The molecule has 1 heterocycles. The molecule has 2 unspecified atom stereocenters. The molecule has 3 amide bonds. The molecule has 2 atom stereocenters. The van der Waals surface area contributed by atoms with Crippen molar-refractivity contribution in [3.8, 4) is 5.75 Å². The molecule has 1 aliphatic carbocycles. The average molecular weight is 342 g/mol. The maximum Gasteiger partial charge on any atom is 0.233 e. The highest BCUT2D eigenvalue weighted by Gasteiger charge is 2.46. The van der Waals surface area contributed by atoms with Crippen molar-refractivity contribution in [2.24, 2.45) is 11.8 Å². The second-order valence-corrected chi connectivity index (χ2v) is 6.21. The van der Waals surface area contributed by atoms with Gasteiger partial charge in [-0.05, 0) is 31.9 Å². The standard InChI is InChI=1S/C19H22N2O4/c1-2-25-16-10-6-5-9-15(16)20-17(22)11-12-21-18(23)13-7-3-4-8-14(13)19(21)24/h3-6,9-10,13-14H,2,7-8,11-12H2,1H3,(H,20,22). The number of allylic oxidation sites excluding steroid dienone is 2. The fourth-order valence-electron chi connectivity index (χ4n) is 3.37. The molecule has 0 radical (unpaired) electrons. The maximum atomic E-state index is 12.4. The summed E-state index contributed by atoms with van der Waals surface area (Å²) < 4.78 is 5.47. The Morgan fingerprint density at radius 3 is 2.44 bits per heavy atom. The first kappa shape index (κ1) is 17.2. The van der Waals surface area contributed by atoms with Gasteiger partial charge in [0, 0.05) is 13.0 Å². The van der Waals surface area contributed by atoms with Gasteiger partial charge in [0.15, 0.2) is 0 Å². The number of carbonyl (C=O) groups is 3. The molecule has 6 heteroatoms. The third-order valence-electron chi connectivity index (χ3n) is 4.62. The topological polar surface area (TPSA) is 75.7 Å². The van der Waals surface area contributed by atoms with Crippen molar-refractivity contribution in [2.45, 2.75) is 26.2 Å². The van der Waals surface area contributed by atoms with Crippen LogP contribution in [0.15, 0.2) is 36.4 Å². The van der Waals surface area contributed by atoms with Gasteiger partial charge in [-0.1, -0.05) is 24.3 Å². The Kier molecular flexibility index (Phi) is 5.16. The molecule has 132 valence electrons. The summed E-state index contributed by atoms with van der Waals surface area (Å²) in [4.78, 5) is 38.2. The molecule has 0 bridgehead atoms. The van der Waals surface area contributed by atoms with Gasteiger partial charge in [-0.15, -0.1) is 0 Å². The Bertz CT molecular complexity index is 687. The van der Waals surface area contributed by atoms with Crippen LogP contribution in [0.25, 0.3) is 0 Å². The molecule has 1 fully saturated rings. The molecule has 2 aliphatic rings. The molecule has 1 aromatic rings. The zero-order chi connectivity index (χ0) is 17.8. The van der Waals surface area contributed by atoms with Crippen LogP contribution in [0.2, 0.25) is 0 Å². The fourth-order valence-corrected chi connectivity index (χ4v) is 3.37. The van der Waals surface area contributed by atoms with Gasteiger partial charge in [0.05, 0.1) is 24.1 Å². The lowest BCUT2D eigenvalue weighted by molar-refractivity contribution is -0.140. The SMILES string of the molecule is CCOc1ccccc1NC(=O)CCN1C(=O)C2CC=CCC2C1=O. The molecule has 0 spiro atoms. The Hall–Kier alpha value is -2.63. The molecule has 1 aliphatic heterocycles. The lowest BCUT2D eigenvalue weighted by atomic mass is 9.85. The minimum Gasteiger partial charge on any atom is -0.492 e. The zero-order valence-electron chi connectivity index (χ0n) is 14.2. The number of hydrogen-bond donors (Lipinski definition) is 1. The highest BCUT2D eigenvalue weighted by molar-refractivity contribution is 6.05. The number of benzene rings is 1. The summed E-state index contributed by atoms with van der Waals surface area (Å²) in [6, 6.07) is 7.18. The Morgan fingerprint density at radius 2 is 1.80 bits per heavy atom. The molecular weight excluding hydrogens is 320 g/mol. The number of fused-ring (bicyclic) bond motifs is 1. The number of likely N-dealkylation sites (tertiary alicyclic amines) is 1. The van der Waals surface area contributed by atoms with Crippen molar-refractivity contribution in [2.75, 3.05) is 18.5 Å². The van der Waals surface area contributed by atoms with E-state index in [-0.39, 0.29) is 42.5 Å². The van der Waals surface area contributed by atoms with Crippen molar-refractivity contribution < 1.29 is 19.1 Å². The van der Waals surface area contributed by atoms with Gasteiger partial charge in [-0.2, -0.15) is 0 Å². The van der Waals surface area contributed by atoms with Crippen LogP contribution >= 0.6 is 0 Å². The van der Waals surface area contributed by atoms with Crippen LogP contribution < -0.4 is 10.1 Å². The normalized spacial score (nSPS) is 22.0. The summed E-state index contributed by atoms with van der Waals surface area (Å²) in [5, 5.41) is 2.79. The average Bonchev–Trinajstić information content (AvgIpc) is 2.86. The van der Waals surface area contributed by atoms with Gasteiger partial charge in [0.1, 0.15) is 5.75 Å². The van der Waals surface area contributed by atoms with Gasteiger partial charge >= 0.3 is 0 Å². The fraction of sp³-hybridized carbons (Fsp3) is 0.421. The highest BCUT2D eigenvalue weighted by atomic mass is 16.5. The van der Waals surface area contributed by atoms with Crippen LogP contribution in [-0.4, -0.2) is 35.8 Å². The number of carbonyl (C=O) groups excluding carboxylic acids is 3. The minimum atomic E-state index is -0.251. The van der Waals surface area contributed by atoms with E-state index >= 15 is 0 Å². The number of rotatable bonds is 6. The maximum absolute atomic E-state index is 12.4. The van der Waals surface area contributed by atoms with Crippen molar-refractivity contribution in [3.05, 3.63) is 36.4 Å². The highest BCUT2D eigenvalue weighted by Crippen LogP contribution is 2.35. The van der Waals surface area contributed by atoms with E-state index in [4.69, 9.17) is 4.74 Å². The molecule has 25 heavy (non-hydrogen) atoms. The molecule has 0 saturated carbocycles. The lowest BCUT2D eigenvalue weighted by Gasteiger charge is -2.15. The van der Waals surface area contributed by atoms with Crippen molar-refractivity contribution >= 4 is 23.4 Å². The summed E-state index contributed by atoms with van der Waals surface area (Å²) in [7, 11) is 0. The molecular formula is C19H22N2O4. The summed E-state index contributed by atoms with van der Waals surface area (Å²) in [6.45, 7) is 2.49. The van der Waals surface area contributed by atoms with Crippen LogP contribution in [0.3, 0.4) is 0 Å². The van der Waals surface area contributed by atoms with Gasteiger partial charge in [-0.3, -0.25) is 19.3 Å². The predicted molar refractivity (Wildman–Crippen MR) is 92.9 cm³/mol. The smallest absolute Gasteiger partial charge is 0.233 e. The number of ether oxygens (including phenoxy) is 1. The van der Waals surface area contributed by atoms with Crippen LogP contribution in [0, 0.1) is 11.8 Å². The van der Waals surface area contributed by atoms with Gasteiger partial charge < -0.3 is 10.1 Å². The predicted octanol–water partition coefficient (Wildman–Crippen LogP) is 2.37. The Labute approximate surface area is 146 Å². The zero-order valence-corrected chi connectivity index (χ0v) is 14.2. The summed E-state index contributed by atoms with van der Waals surface area (Å²) >= 11 is 0. The van der Waals surface area contributed by atoms with Crippen LogP contribution in [-0.2, 0) is 14.4 Å². The van der Waals surface area contributed by atoms with Crippen molar-refractivity contribution in [3.63, 3.8) is 0 Å². The number of nitrogens with one attached hydrogen (secondary N) is 1. The number of hydrogen-bond acceptors (Lipinski definition) is 4. The van der Waals surface area contributed by atoms with E-state index < -0.39 is 0 Å². The molecule has 1 N–H and O–H groups in total. The van der Waals surface area contributed by atoms with E-state index in [1.165, 1.54) is 4.90 Å². The summed E-state index contributed by atoms with van der Waals surface area (Å²) in [5.74, 6) is -0.452. The number of imide groups is 1. The minimum absolute atomic E-state index is 0.0742. The molecule has 6 nitrogen and oxygen atoms in total. The first-order chi connectivity index (χ1) is 12.1.